The molecule has 0 saturated heterocycles. The van der Waals surface area contributed by atoms with Gasteiger partial charge in [-0.15, -0.1) is 0 Å². The zero-order valence-corrected chi connectivity index (χ0v) is 9.52. The smallest absolute Gasteiger partial charge is 0.251 e. The number of benzene rings is 2. The summed E-state index contributed by atoms with van der Waals surface area (Å²) in [5.41, 5.74) is 2.46. The lowest BCUT2D eigenvalue weighted by Crippen LogP contribution is -2.23. The van der Waals surface area contributed by atoms with E-state index in [1.54, 1.807) is 6.07 Å². The Labute approximate surface area is 101 Å². The molecule has 0 heterocycles. The van der Waals surface area contributed by atoms with Gasteiger partial charge in [0.05, 0.1) is 0 Å². The number of nitrogens with one attached hydrogen (secondary N) is 1. The molecule has 2 heteroatoms. The van der Waals surface area contributed by atoms with Gasteiger partial charge in [0.1, 0.15) is 0 Å². The highest BCUT2D eigenvalue weighted by atomic mass is 16.1. The van der Waals surface area contributed by atoms with Gasteiger partial charge in [-0.3, -0.25) is 4.79 Å². The highest BCUT2D eigenvalue weighted by Gasteiger charge is 2.06. The fourth-order valence-corrected chi connectivity index (χ4v) is 1.62. The predicted molar refractivity (Wildman–Crippen MR) is 68.5 cm³/mol. The highest BCUT2D eigenvalue weighted by molar-refractivity contribution is 5.95. The molecule has 0 atom stereocenters. The maximum Gasteiger partial charge on any atom is 0.251 e. The van der Waals surface area contributed by atoms with E-state index >= 15 is 0 Å². The molecular formula is C15H14NO. The average Bonchev–Trinajstić information content (AvgIpc) is 2.38. The van der Waals surface area contributed by atoms with Crippen molar-refractivity contribution in [3.05, 3.63) is 78.2 Å². The quantitative estimate of drug-likeness (QED) is 0.853. The van der Waals surface area contributed by atoms with Crippen molar-refractivity contribution in [1.29, 1.82) is 0 Å². The first-order valence-corrected chi connectivity index (χ1v) is 5.50. The Morgan fingerprint density at radius 1 is 1.00 bits per heavy atom. The maximum absolute atomic E-state index is 11.9. The first-order chi connectivity index (χ1) is 8.27. The average molecular weight is 224 g/mol. The van der Waals surface area contributed by atoms with Gasteiger partial charge in [-0.1, -0.05) is 48.5 Å². The lowest BCUT2D eigenvalue weighted by Gasteiger charge is -2.07. The molecule has 0 unspecified atom stereocenters. The minimum absolute atomic E-state index is 0.0838. The molecule has 0 bridgehead atoms. The van der Waals surface area contributed by atoms with Crippen molar-refractivity contribution >= 4 is 5.91 Å². The molecule has 0 fully saturated rings. The van der Waals surface area contributed by atoms with Gasteiger partial charge in [0.2, 0.25) is 0 Å². The van der Waals surface area contributed by atoms with Crippen LogP contribution < -0.4 is 5.32 Å². The molecule has 17 heavy (non-hydrogen) atoms. The summed E-state index contributed by atoms with van der Waals surface area (Å²) in [6.45, 7) is 4.37. The second-order valence-electron chi connectivity index (χ2n) is 3.83. The summed E-state index contributed by atoms with van der Waals surface area (Å²) in [6.07, 6.45) is 0. The topological polar surface area (TPSA) is 29.1 Å². The third-order valence-electron chi connectivity index (χ3n) is 2.56. The van der Waals surface area contributed by atoms with Crippen LogP contribution in [-0.2, 0) is 6.54 Å². The van der Waals surface area contributed by atoms with E-state index in [9.17, 15) is 4.79 Å². The van der Waals surface area contributed by atoms with Crippen molar-refractivity contribution in [2.45, 2.75) is 6.54 Å². The summed E-state index contributed by atoms with van der Waals surface area (Å²) in [5, 5.41) is 2.88. The molecular weight excluding hydrogens is 210 g/mol. The zero-order valence-electron chi connectivity index (χ0n) is 9.52. The van der Waals surface area contributed by atoms with Gasteiger partial charge in [0.15, 0.2) is 0 Å². The van der Waals surface area contributed by atoms with Gasteiger partial charge in [-0.2, -0.15) is 0 Å². The minimum Gasteiger partial charge on any atom is -0.348 e. The van der Waals surface area contributed by atoms with E-state index in [1.165, 1.54) is 0 Å². The molecule has 0 aromatic heterocycles. The lowest BCUT2D eigenvalue weighted by molar-refractivity contribution is 0.0950. The van der Waals surface area contributed by atoms with Crippen molar-refractivity contribution in [1.82, 2.24) is 5.32 Å². The van der Waals surface area contributed by atoms with E-state index in [4.69, 9.17) is 0 Å². The number of hydrogen-bond donors (Lipinski definition) is 1. The molecule has 0 spiro atoms. The van der Waals surface area contributed by atoms with Gasteiger partial charge < -0.3 is 5.32 Å². The third-order valence-corrected chi connectivity index (χ3v) is 2.56. The Balaban J connectivity index is 2.01. The Bertz CT molecular complexity index is 505. The van der Waals surface area contributed by atoms with Gasteiger partial charge in [-0.05, 0) is 24.1 Å². The van der Waals surface area contributed by atoms with Gasteiger partial charge in [0, 0.05) is 12.1 Å². The van der Waals surface area contributed by atoms with Crippen LogP contribution in [0.5, 0.6) is 0 Å². The van der Waals surface area contributed by atoms with Crippen molar-refractivity contribution in [2.75, 3.05) is 0 Å². The van der Waals surface area contributed by atoms with Crippen LogP contribution in [0.15, 0.2) is 54.6 Å². The van der Waals surface area contributed by atoms with Gasteiger partial charge >= 0.3 is 0 Å². The fraction of sp³-hybridized carbons (Fsp3) is 0.0667. The molecule has 1 N–H and O–H groups in total. The SMILES string of the molecule is [CH2]c1ccccc1C(=O)NCc1ccccc1. The molecule has 0 saturated carbocycles. The molecule has 1 radical (unpaired) electrons. The van der Waals surface area contributed by atoms with E-state index < -0.39 is 0 Å². The van der Waals surface area contributed by atoms with Crippen LogP contribution in [0.4, 0.5) is 0 Å². The normalized spacial score (nSPS) is 9.94. The van der Waals surface area contributed by atoms with Crippen molar-refractivity contribution in [2.24, 2.45) is 0 Å². The molecule has 1 amide bonds. The summed E-state index contributed by atoms with van der Waals surface area (Å²) in [6, 6.07) is 17.2. The monoisotopic (exact) mass is 224 g/mol. The Hall–Kier alpha value is -2.09. The molecule has 2 aromatic carbocycles. The van der Waals surface area contributed by atoms with E-state index in [0.717, 1.165) is 11.1 Å². The van der Waals surface area contributed by atoms with Crippen LogP contribution in [-0.4, -0.2) is 5.91 Å². The minimum atomic E-state index is -0.0838. The summed E-state index contributed by atoms with van der Waals surface area (Å²) < 4.78 is 0. The molecule has 0 aliphatic heterocycles. The van der Waals surface area contributed by atoms with E-state index in [0.29, 0.717) is 12.1 Å². The summed E-state index contributed by atoms with van der Waals surface area (Å²) in [7, 11) is 0. The molecule has 2 aromatic rings. The van der Waals surface area contributed by atoms with Crippen molar-refractivity contribution in [3.63, 3.8) is 0 Å². The van der Waals surface area contributed by atoms with Crippen molar-refractivity contribution in [3.8, 4) is 0 Å². The van der Waals surface area contributed by atoms with E-state index in [2.05, 4.69) is 12.2 Å². The van der Waals surface area contributed by atoms with Crippen LogP contribution in [0, 0.1) is 6.92 Å². The third kappa shape index (κ3) is 2.94. The summed E-state index contributed by atoms with van der Waals surface area (Å²) in [5.74, 6) is -0.0838. The maximum atomic E-state index is 11.9. The Morgan fingerprint density at radius 2 is 1.65 bits per heavy atom. The van der Waals surface area contributed by atoms with Crippen LogP contribution >= 0.6 is 0 Å². The molecule has 0 aliphatic rings. The molecule has 85 valence electrons. The number of carbonyl (C=O) groups excluding carboxylic acids is 1. The Morgan fingerprint density at radius 3 is 2.35 bits per heavy atom. The second-order valence-corrected chi connectivity index (χ2v) is 3.83. The van der Waals surface area contributed by atoms with Crippen molar-refractivity contribution < 1.29 is 4.79 Å². The van der Waals surface area contributed by atoms with Crippen LogP contribution in [0.2, 0.25) is 0 Å². The number of amides is 1. The molecule has 2 rings (SSSR count). The molecule has 0 aliphatic carbocycles. The summed E-state index contributed by atoms with van der Waals surface area (Å²) >= 11 is 0. The number of hydrogen-bond acceptors (Lipinski definition) is 1. The fourth-order valence-electron chi connectivity index (χ4n) is 1.62. The second kappa shape index (κ2) is 5.30. The first kappa shape index (κ1) is 11.4. The number of carbonyl (C=O) groups is 1. The van der Waals surface area contributed by atoms with Gasteiger partial charge in [0.25, 0.3) is 5.91 Å². The lowest BCUT2D eigenvalue weighted by atomic mass is 10.1. The summed E-state index contributed by atoms with van der Waals surface area (Å²) in [4.78, 5) is 11.9. The van der Waals surface area contributed by atoms with E-state index in [1.807, 2.05) is 48.5 Å². The Kier molecular flexibility index (Phi) is 3.55. The number of rotatable bonds is 3. The van der Waals surface area contributed by atoms with Crippen LogP contribution in [0.3, 0.4) is 0 Å². The predicted octanol–water partition coefficient (Wildman–Crippen LogP) is 2.80. The largest absolute Gasteiger partial charge is 0.348 e. The van der Waals surface area contributed by atoms with Gasteiger partial charge in [-0.25, -0.2) is 0 Å². The van der Waals surface area contributed by atoms with E-state index in [-0.39, 0.29) is 5.91 Å². The van der Waals surface area contributed by atoms with Crippen LogP contribution in [0.25, 0.3) is 0 Å². The standard InChI is InChI=1S/C15H14NO/c1-12-7-5-6-10-14(12)15(17)16-11-13-8-3-2-4-9-13/h2-10H,1,11H2,(H,16,17). The van der Waals surface area contributed by atoms with Crippen LogP contribution in [0.1, 0.15) is 21.5 Å². The highest BCUT2D eigenvalue weighted by Crippen LogP contribution is 2.07. The molecule has 2 nitrogen and oxygen atoms in total. The zero-order chi connectivity index (χ0) is 12.1. The first-order valence-electron chi connectivity index (χ1n) is 5.50.